The normalized spacial score (nSPS) is 25.2. The van der Waals surface area contributed by atoms with E-state index in [1.807, 2.05) is 48.2 Å². The van der Waals surface area contributed by atoms with Crippen molar-refractivity contribution in [3.8, 4) is 0 Å². The zero-order chi connectivity index (χ0) is 20.1. The van der Waals surface area contributed by atoms with Gasteiger partial charge in [-0.05, 0) is 55.2 Å². The van der Waals surface area contributed by atoms with Crippen LogP contribution in [0.15, 0.2) is 42.5 Å². The van der Waals surface area contributed by atoms with Gasteiger partial charge in [-0.1, -0.05) is 54.0 Å². The molecule has 29 heavy (non-hydrogen) atoms. The number of halogens is 2. The number of imidazole rings is 1. The van der Waals surface area contributed by atoms with Crippen molar-refractivity contribution in [1.29, 1.82) is 0 Å². The topological polar surface area (TPSA) is 35.2 Å². The van der Waals surface area contributed by atoms with Gasteiger partial charge in [0.1, 0.15) is 5.82 Å². The Bertz CT molecular complexity index is 1100. The van der Waals surface area contributed by atoms with E-state index >= 15 is 0 Å². The summed E-state index contributed by atoms with van der Waals surface area (Å²) in [6.07, 6.45) is 4.72. The van der Waals surface area contributed by atoms with Gasteiger partial charge < -0.3 is 4.98 Å². The minimum Gasteiger partial charge on any atom is -0.341 e. The van der Waals surface area contributed by atoms with Crippen molar-refractivity contribution in [3.63, 3.8) is 0 Å². The molecular weight excluding hydrogens is 423 g/mol. The highest BCUT2D eigenvalue weighted by Gasteiger charge is 2.41. The molecule has 3 atom stereocenters. The van der Waals surface area contributed by atoms with Crippen molar-refractivity contribution in [2.24, 2.45) is 5.92 Å². The van der Waals surface area contributed by atoms with Crippen LogP contribution in [-0.4, -0.2) is 31.9 Å². The third-order valence-electron chi connectivity index (χ3n) is 5.63. The summed E-state index contributed by atoms with van der Waals surface area (Å²) in [5, 5.41) is 6.36. The summed E-state index contributed by atoms with van der Waals surface area (Å²) in [4.78, 5) is 9.51. The first-order chi connectivity index (χ1) is 14.0. The SMILES string of the molecule is CC1SC(c2cccc(Cl)c2)=[C]N1N1CC[C@H](C)[C@H]1c1nc2cc(Cl)ccc2[nH]1. The summed E-state index contributed by atoms with van der Waals surface area (Å²) >= 11 is 14.2. The lowest BCUT2D eigenvalue weighted by Crippen LogP contribution is -2.42. The van der Waals surface area contributed by atoms with E-state index in [2.05, 4.69) is 41.1 Å². The van der Waals surface area contributed by atoms with Crippen LogP contribution in [0.4, 0.5) is 0 Å². The van der Waals surface area contributed by atoms with E-state index in [0.29, 0.717) is 10.9 Å². The van der Waals surface area contributed by atoms with Gasteiger partial charge in [0.2, 0.25) is 0 Å². The largest absolute Gasteiger partial charge is 0.341 e. The molecule has 1 saturated heterocycles. The van der Waals surface area contributed by atoms with Crippen molar-refractivity contribution in [2.45, 2.75) is 31.7 Å². The number of H-pyrrole nitrogens is 1. The number of thioether (sulfide) groups is 1. The molecule has 5 rings (SSSR count). The zero-order valence-corrected chi connectivity index (χ0v) is 18.5. The Morgan fingerprint density at radius 2 is 1.97 bits per heavy atom. The van der Waals surface area contributed by atoms with E-state index in [4.69, 9.17) is 28.2 Å². The summed E-state index contributed by atoms with van der Waals surface area (Å²) in [6, 6.07) is 14.0. The van der Waals surface area contributed by atoms with Crippen molar-refractivity contribution in [2.75, 3.05) is 6.54 Å². The number of hydrazine groups is 1. The van der Waals surface area contributed by atoms with Crippen LogP contribution in [0.3, 0.4) is 0 Å². The Hall–Kier alpha value is -1.66. The highest BCUT2D eigenvalue weighted by atomic mass is 35.5. The quantitative estimate of drug-likeness (QED) is 0.510. The fourth-order valence-corrected chi connectivity index (χ4v) is 5.58. The molecule has 1 unspecified atom stereocenters. The average Bonchev–Trinajstić information content (AvgIpc) is 3.37. The fraction of sp³-hybridized carbons (Fsp3) is 0.318. The summed E-state index contributed by atoms with van der Waals surface area (Å²) in [5.74, 6) is 1.47. The van der Waals surface area contributed by atoms with Gasteiger partial charge in [-0.2, -0.15) is 0 Å². The Kier molecular flexibility index (Phi) is 5.03. The molecule has 1 radical (unpaired) electrons. The minimum absolute atomic E-state index is 0.176. The molecule has 2 aliphatic heterocycles. The first-order valence-electron chi connectivity index (χ1n) is 9.77. The average molecular weight is 444 g/mol. The number of benzene rings is 2. The lowest BCUT2D eigenvalue weighted by molar-refractivity contribution is -0.0128. The maximum absolute atomic E-state index is 6.20. The Balaban J connectivity index is 1.48. The van der Waals surface area contributed by atoms with Crippen LogP contribution in [0, 0.1) is 12.1 Å². The molecule has 0 bridgehead atoms. The van der Waals surface area contributed by atoms with E-state index in [1.54, 1.807) is 0 Å². The van der Waals surface area contributed by atoms with E-state index in [9.17, 15) is 0 Å². The van der Waals surface area contributed by atoms with Crippen LogP contribution in [0.5, 0.6) is 0 Å². The smallest absolute Gasteiger partial charge is 0.126 e. The van der Waals surface area contributed by atoms with Crippen LogP contribution >= 0.6 is 35.0 Å². The first kappa shape index (κ1) is 19.3. The molecule has 1 aromatic heterocycles. The van der Waals surface area contributed by atoms with E-state index in [-0.39, 0.29) is 11.4 Å². The summed E-state index contributed by atoms with van der Waals surface area (Å²) in [7, 11) is 0. The standard InChI is InChI=1S/C22H21Cl2N4S/c1-13-8-9-27(21(13)22-25-18-7-6-17(24)11-19(18)26-22)28-12-20(29-14(28)2)15-4-3-5-16(23)10-15/h3-7,10-11,13-14,21H,8-9H2,1-2H3,(H,25,26)/t13-,14?,21-/m0/s1. The van der Waals surface area contributed by atoms with Gasteiger partial charge in [-0.15, -0.1) is 0 Å². The summed E-state index contributed by atoms with van der Waals surface area (Å²) < 4.78 is 0. The molecule has 0 spiro atoms. The van der Waals surface area contributed by atoms with Gasteiger partial charge >= 0.3 is 0 Å². The van der Waals surface area contributed by atoms with Crippen LogP contribution in [-0.2, 0) is 0 Å². The summed E-state index contributed by atoms with van der Waals surface area (Å²) in [5.41, 5.74) is 3.04. The van der Waals surface area contributed by atoms with Gasteiger partial charge in [0.25, 0.3) is 0 Å². The molecule has 0 amide bonds. The van der Waals surface area contributed by atoms with Gasteiger partial charge in [-0.25, -0.2) is 9.99 Å². The molecular formula is C22H21Cl2N4S. The minimum atomic E-state index is 0.176. The third kappa shape index (κ3) is 3.55. The molecule has 3 heterocycles. The molecule has 7 heteroatoms. The molecule has 1 N–H and O–H groups in total. The Morgan fingerprint density at radius 1 is 1.14 bits per heavy atom. The van der Waals surface area contributed by atoms with Crippen LogP contribution < -0.4 is 0 Å². The molecule has 4 nitrogen and oxygen atoms in total. The van der Waals surface area contributed by atoms with E-state index in [0.717, 1.165) is 45.3 Å². The lowest BCUT2D eigenvalue weighted by atomic mass is 10.0. The van der Waals surface area contributed by atoms with Crippen molar-refractivity contribution in [3.05, 3.63) is 70.1 Å². The van der Waals surface area contributed by atoms with Gasteiger partial charge in [0, 0.05) is 21.5 Å². The van der Waals surface area contributed by atoms with Crippen molar-refractivity contribution >= 4 is 50.9 Å². The summed E-state index contributed by atoms with van der Waals surface area (Å²) in [6.45, 7) is 5.48. The van der Waals surface area contributed by atoms with E-state index < -0.39 is 0 Å². The second kappa shape index (κ2) is 7.55. The number of nitrogens with zero attached hydrogens (tertiary/aromatic N) is 3. The third-order valence-corrected chi connectivity index (χ3v) is 7.20. The van der Waals surface area contributed by atoms with E-state index in [1.165, 1.54) is 0 Å². The van der Waals surface area contributed by atoms with Crippen LogP contribution in [0.25, 0.3) is 15.9 Å². The van der Waals surface area contributed by atoms with Crippen molar-refractivity contribution < 1.29 is 0 Å². The monoisotopic (exact) mass is 443 g/mol. The number of aromatic amines is 1. The molecule has 1 fully saturated rings. The molecule has 0 aliphatic carbocycles. The maximum atomic E-state index is 6.20. The first-order valence-corrected chi connectivity index (χ1v) is 11.4. The molecule has 149 valence electrons. The van der Waals surface area contributed by atoms with Gasteiger partial charge in [0.05, 0.1) is 28.6 Å². The second-order valence-electron chi connectivity index (χ2n) is 7.67. The predicted molar refractivity (Wildman–Crippen MR) is 121 cm³/mol. The maximum Gasteiger partial charge on any atom is 0.126 e. The zero-order valence-electron chi connectivity index (χ0n) is 16.2. The number of nitrogens with one attached hydrogen (secondary N) is 1. The second-order valence-corrected chi connectivity index (χ2v) is 9.87. The number of hydrogen-bond donors (Lipinski definition) is 1. The highest BCUT2D eigenvalue weighted by Crippen LogP contribution is 2.45. The Labute approximate surface area is 184 Å². The van der Waals surface area contributed by atoms with Crippen molar-refractivity contribution in [1.82, 2.24) is 20.0 Å². The Morgan fingerprint density at radius 3 is 2.79 bits per heavy atom. The molecule has 2 aliphatic rings. The number of fused-ring (bicyclic) bond motifs is 1. The van der Waals surface area contributed by atoms with Crippen LogP contribution in [0.1, 0.15) is 37.7 Å². The number of rotatable bonds is 3. The molecule has 3 aromatic rings. The lowest BCUT2D eigenvalue weighted by Gasteiger charge is -2.35. The van der Waals surface area contributed by atoms with Gasteiger partial charge in [0.15, 0.2) is 0 Å². The van der Waals surface area contributed by atoms with Gasteiger partial charge in [-0.3, -0.25) is 5.01 Å². The van der Waals surface area contributed by atoms with Crippen LogP contribution in [0.2, 0.25) is 10.0 Å². The fourth-order valence-electron chi connectivity index (χ4n) is 4.19. The molecule has 0 saturated carbocycles. The molecule has 2 aromatic carbocycles. The predicted octanol–water partition coefficient (Wildman–Crippen LogP) is 6.36. The highest BCUT2D eigenvalue weighted by molar-refractivity contribution is 8.09. The number of aromatic nitrogens is 2. The number of hydrogen-bond acceptors (Lipinski definition) is 4.